The van der Waals surface area contributed by atoms with Crippen molar-refractivity contribution < 1.29 is 4.79 Å². The van der Waals surface area contributed by atoms with Crippen molar-refractivity contribution >= 4 is 38.9 Å². The van der Waals surface area contributed by atoms with Gasteiger partial charge in [0.15, 0.2) is 0 Å². The van der Waals surface area contributed by atoms with Gasteiger partial charge in [-0.1, -0.05) is 35.8 Å². The molecule has 3 N–H and O–H groups in total. The number of rotatable bonds is 3. The van der Waals surface area contributed by atoms with Crippen molar-refractivity contribution in [3.05, 3.63) is 52.0 Å². The van der Waals surface area contributed by atoms with Gasteiger partial charge in [-0.05, 0) is 61.1 Å². The number of nitrogen functional groups attached to an aromatic ring is 1. The molecule has 5 heteroatoms. The zero-order valence-electron chi connectivity index (χ0n) is 15.6. The average molecular weight is 416 g/mol. The Morgan fingerprint density at radius 1 is 1.19 bits per heavy atom. The molecule has 0 radical (unpaired) electrons. The number of nitrogens with one attached hydrogen (secondary N) is 1. The van der Waals surface area contributed by atoms with E-state index in [-0.39, 0.29) is 5.91 Å². The molecular weight excluding hydrogens is 390 g/mol. The highest BCUT2D eigenvalue weighted by atomic mass is 79.9. The van der Waals surface area contributed by atoms with Gasteiger partial charge in [0.2, 0.25) is 0 Å². The van der Waals surface area contributed by atoms with E-state index in [9.17, 15) is 4.79 Å². The summed E-state index contributed by atoms with van der Waals surface area (Å²) in [6, 6.07) is 11.3. The Hall–Kier alpha value is -2.01. The number of hydrogen-bond acceptors (Lipinski definition) is 3. The van der Waals surface area contributed by atoms with Crippen LogP contribution in [0, 0.1) is 18.8 Å². The molecule has 0 aliphatic carbocycles. The molecular formula is C21H26BrN3O. The van der Waals surface area contributed by atoms with E-state index < -0.39 is 0 Å². The fourth-order valence-corrected chi connectivity index (χ4v) is 4.25. The number of amides is 1. The second-order valence-electron chi connectivity index (χ2n) is 7.54. The van der Waals surface area contributed by atoms with Gasteiger partial charge in [0.05, 0.1) is 11.4 Å². The zero-order valence-corrected chi connectivity index (χ0v) is 17.1. The fourth-order valence-electron chi connectivity index (χ4n) is 3.85. The first-order valence-corrected chi connectivity index (χ1v) is 9.84. The summed E-state index contributed by atoms with van der Waals surface area (Å²) in [5.74, 6) is 1.17. The van der Waals surface area contributed by atoms with Gasteiger partial charge < -0.3 is 16.0 Å². The fraction of sp³-hybridized carbons (Fsp3) is 0.381. The predicted molar refractivity (Wildman–Crippen MR) is 113 cm³/mol. The normalized spacial score (nSPS) is 20.1. The van der Waals surface area contributed by atoms with Crippen molar-refractivity contribution in [2.75, 3.05) is 29.0 Å². The largest absolute Gasteiger partial charge is 0.397 e. The van der Waals surface area contributed by atoms with Crippen LogP contribution in [0.5, 0.6) is 0 Å². The minimum atomic E-state index is -0.159. The van der Waals surface area contributed by atoms with Crippen LogP contribution in [-0.2, 0) is 0 Å². The van der Waals surface area contributed by atoms with E-state index in [1.165, 1.54) is 6.42 Å². The van der Waals surface area contributed by atoms with Gasteiger partial charge in [0.25, 0.3) is 5.91 Å². The second kappa shape index (κ2) is 7.70. The molecule has 0 bridgehead atoms. The highest BCUT2D eigenvalue weighted by Gasteiger charge is 2.24. The summed E-state index contributed by atoms with van der Waals surface area (Å²) in [7, 11) is 0. The molecule has 1 heterocycles. The Balaban J connectivity index is 1.87. The van der Waals surface area contributed by atoms with Crippen molar-refractivity contribution in [2.45, 2.75) is 27.2 Å². The molecule has 1 amide bonds. The highest BCUT2D eigenvalue weighted by Crippen LogP contribution is 2.33. The molecule has 2 aromatic rings. The molecule has 2 unspecified atom stereocenters. The Morgan fingerprint density at radius 2 is 1.88 bits per heavy atom. The van der Waals surface area contributed by atoms with E-state index in [2.05, 4.69) is 46.9 Å². The molecule has 0 aromatic heterocycles. The minimum absolute atomic E-state index is 0.159. The molecule has 4 nitrogen and oxygen atoms in total. The SMILES string of the molecule is Cc1cc(N)c(NC(=O)c2cccc(Br)c2)cc1N1CC(C)CC(C)C1. The van der Waals surface area contributed by atoms with Crippen LogP contribution >= 0.6 is 15.9 Å². The van der Waals surface area contributed by atoms with Crippen molar-refractivity contribution in [3.8, 4) is 0 Å². The van der Waals surface area contributed by atoms with Gasteiger partial charge in [-0.25, -0.2) is 0 Å². The van der Waals surface area contributed by atoms with Crippen LogP contribution < -0.4 is 16.0 Å². The van der Waals surface area contributed by atoms with E-state index in [0.717, 1.165) is 28.8 Å². The van der Waals surface area contributed by atoms with Gasteiger partial charge in [0, 0.05) is 28.8 Å². The summed E-state index contributed by atoms with van der Waals surface area (Å²) >= 11 is 3.40. The summed E-state index contributed by atoms with van der Waals surface area (Å²) in [5.41, 5.74) is 10.3. The monoisotopic (exact) mass is 415 g/mol. The molecule has 3 rings (SSSR count). The van der Waals surface area contributed by atoms with E-state index in [4.69, 9.17) is 5.73 Å². The molecule has 1 aliphatic heterocycles. The first kappa shape index (κ1) is 18.8. The van der Waals surface area contributed by atoms with E-state index in [1.807, 2.05) is 24.3 Å². The first-order valence-electron chi connectivity index (χ1n) is 9.05. The van der Waals surface area contributed by atoms with Crippen molar-refractivity contribution in [2.24, 2.45) is 11.8 Å². The summed E-state index contributed by atoms with van der Waals surface area (Å²) in [6.45, 7) is 8.74. The summed E-state index contributed by atoms with van der Waals surface area (Å²) in [6.07, 6.45) is 1.26. The van der Waals surface area contributed by atoms with Crippen molar-refractivity contribution in [1.82, 2.24) is 0 Å². The molecule has 26 heavy (non-hydrogen) atoms. The van der Waals surface area contributed by atoms with Crippen LogP contribution in [0.3, 0.4) is 0 Å². The predicted octanol–water partition coefficient (Wildman–Crippen LogP) is 5.07. The number of halogens is 1. The number of anilines is 3. The van der Waals surface area contributed by atoms with E-state index in [0.29, 0.717) is 28.8 Å². The van der Waals surface area contributed by atoms with Crippen LogP contribution in [0.1, 0.15) is 36.2 Å². The van der Waals surface area contributed by atoms with E-state index >= 15 is 0 Å². The molecule has 0 saturated carbocycles. The minimum Gasteiger partial charge on any atom is -0.397 e. The van der Waals surface area contributed by atoms with Crippen LogP contribution in [0.15, 0.2) is 40.9 Å². The van der Waals surface area contributed by atoms with Crippen molar-refractivity contribution in [1.29, 1.82) is 0 Å². The van der Waals surface area contributed by atoms with Crippen LogP contribution in [-0.4, -0.2) is 19.0 Å². The Bertz CT molecular complexity index is 811. The van der Waals surface area contributed by atoms with Gasteiger partial charge in [-0.3, -0.25) is 4.79 Å². The quantitative estimate of drug-likeness (QED) is 0.687. The maximum atomic E-state index is 12.6. The topological polar surface area (TPSA) is 58.4 Å². The number of aryl methyl sites for hydroxylation is 1. The van der Waals surface area contributed by atoms with Gasteiger partial charge in [-0.2, -0.15) is 0 Å². The maximum Gasteiger partial charge on any atom is 0.255 e. The number of carbonyl (C=O) groups is 1. The lowest BCUT2D eigenvalue weighted by Gasteiger charge is -2.37. The van der Waals surface area contributed by atoms with Gasteiger partial charge >= 0.3 is 0 Å². The summed E-state index contributed by atoms with van der Waals surface area (Å²) < 4.78 is 0.874. The molecule has 1 aliphatic rings. The summed E-state index contributed by atoms with van der Waals surface area (Å²) in [5, 5.41) is 2.97. The van der Waals surface area contributed by atoms with Gasteiger partial charge in [0.1, 0.15) is 0 Å². The number of nitrogens with zero attached hydrogens (tertiary/aromatic N) is 1. The zero-order chi connectivity index (χ0) is 18.8. The van der Waals surface area contributed by atoms with Crippen LogP contribution in [0.4, 0.5) is 17.1 Å². The van der Waals surface area contributed by atoms with E-state index in [1.54, 1.807) is 12.1 Å². The third-order valence-electron chi connectivity index (χ3n) is 4.91. The number of carbonyl (C=O) groups excluding carboxylic acids is 1. The number of piperidine rings is 1. The number of benzene rings is 2. The molecule has 0 spiro atoms. The summed E-state index contributed by atoms with van der Waals surface area (Å²) in [4.78, 5) is 15.0. The number of nitrogens with two attached hydrogens (primary N) is 1. The van der Waals surface area contributed by atoms with Crippen LogP contribution in [0.2, 0.25) is 0 Å². The van der Waals surface area contributed by atoms with Crippen LogP contribution in [0.25, 0.3) is 0 Å². The lowest BCUT2D eigenvalue weighted by atomic mass is 9.91. The molecule has 1 saturated heterocycles. The Kier molecular flexibility index (Phi) is 5.56. The average Bonchev–Trinajstić information content (AvgIpc) is 2.56. The Labute approximate surface area is 163 Å². The van der Waals surface area contributed by atoms with Gasteiger partial charge in [-0.15, -0.1) is 0 Å². The highest BCUT2D eigenvalue weighted by molar-refractivity contribution is 9.10. The molecule has 1 fully saturated rings. The molecule has 2 atom stereocenters. The lowest BCUT2D eigenvalue weighted by molar-refractivity contribution is 0.102. The van der Waals surface area contributed by atoms with Crippen molar-refractivity contribution in [3.63, 3.8) is 0 Å². The molecule has 138 valence electrons. The smallest absolute Gasteiger partial charge is 0.255 e. The maximum absolute atomic E-state index is 12.6. The Morgan fingerprint density at radius 3 is 2.54 bits per heavy atom. The first-order chi connectivity index (χ1) is 12.3. The second-order valence-corrected chi connectivity index (χ2v) is 8.46. The lowest BCUT2D eigenvalue weighted by Crippen LogP contribution is -2.39. The number of hydrogen-bond donors (Lipinski definition) is 2. The third-order valence-corrected chi connectivity index (χ3v) is 5.41. The third kappa shape index (κ3) is 4.21. The standard InChI is InChI=1S/C21H26BrN3O/c1-13-7-14(2)12-25(11-13)20-10-19(18(23)8-15(20)3)24-21(26)16-5-4-6-17(22)9-16/h4-6,8-10,13-14H,7,11-12,23H2,1-3H3,(H,24,26). The molecule has 2 aromatic carbocycles.